The molecule has 0 unspecified atom stereocenters. The Morgan fingerprint density at radius 1 is 0.974 bits per heavy atom. The van der Waals surface area contributed by atoms with Gasteiger partial charge in [0.2, 0.25) is 0 Å². The van der Waals surface area contributed by atoms with Crippen molar-refractivity contribution in [3.8, 4) is 11.5 Å². The molecule has 2 saturated carbocycles. The molecule has 0 spiro atoms. The van der Waals surface area contributed by atoms with Gasteiger partial charge in [0.05, 0.1) is 29.3 Å². The SMILES string of the molecule is CCCN=C/C(C(=O)O)=C(O)\C=C(/N)C1=C(c2ccc(OC3CC3)cc2)C(c2ccc(OC3CC3)cc2)=N1. The molecule has 0 bridgehead atoms. The monoisotopic (exact) mass is 513 g/mol. The number of carboxylic acids is 1. The highest BCUT2D eigenvalue weighted by atomic mass is 16.5. The van der Waals surface area contributed by atoms with Crippen molar-refractivity contribution in [3.63, 3.8) is 0 Å². The van der Waals surface area contributed by atoms with Gasteiger partial charge in [0.1, 0.15) is 22.8 Å². The molecular weight excluding hydrogens is 482 g/mol. The van der Waals surface area contributed by atoms with Gasteiger partial charge >= 0.3 is 5.97 Å². The van der Waals surface area contributed by atoms with Crippen molar-refractivity contribution in [2.45, 2.75) is 51.2 Å². The summed E-state index contributed by atoms with van der Waals surface area (Å²) < 4.78 is 11.8. The van der Waals surface area contributed by atoms with E-state index in [0.717, 1.165) is 72.2 Å². The number of carboxylic acid groups (broad SMARTS) is 1. The lowest BCUT2D eigenvalue weighted by Gasteiger charge is -2.24. The molecule has 2 aliphatic carbocycles. The molecule has 2 aromatic carbocycles. The van der Waals surface area contributed by atoms with Gasteiger partial charge in [0.15, 0.2) is 0 Å². The molecule has 8 nitrogen and oxygen atoms in total. The maximum Gasteiger partial charge on any atom is 0.341 e. The molecule has 0 saturated heterocycles. The number of hydrogen-bond donors (Lipinski definition) is 3. The Balaban J connectivity index is 1.46. The van der Waals surface area contributed by atoms with E-state index in [2.05, 4.69) is 9.98 Å². The lowest BCUT2D eigenvalue weighted by atomic mass is 9.88. The van der Waals surface area contributed by atoms with Gasteiger partial charge in [-0.3, -0.25) is 4.99 Å². The van der Waals surface area contributed by atoms with Crippen LogP contribution in [0.15, 0.2) is 87.3 Å². The fourth-order valence-corrected chi connectivity index (χ4v) is 3.93. The molecule has 5 rings (SSSR count). The number of aliphatic hydroxyl groups is 1. The first-order chi connectivity index (χ1) is 18.4. The summed E-state index contributed by atoms with van der Waals surface area (Å²) in [6.07, 6.45) is 8.07. The highest BCUT2D eigenvalue weighted by molar-refractivity contribution is 6.37. The number of ether oxygens (including phenoxy) is 2. The van der Waals surface area contributed by atoms with Crippen LogP contribution in [0.2, 0.25) is 0 Å². The minimum absolute atomic E-state index is 0.149. The smallest absolute Gasteiger partial charge is 0.341 e. The summed E-state index contributed by atoms with van der Waals surface area (Å²) in [7, 11) is 0. The Morgan fingerprint density at radius 2 is 1.53 bits per heavy atom. The number of benzene rings is 2. The number of hydrogen-bond acceptors (Lipinski definition) is 7. The number of aliphatic imine (C=N–C) groups is 2. The van der Waals surface area contributed by atoms with Crippen LogP contribution < -0.4 is 15.2 Å². The maximum atomic E-state index is 11.7. The number of carbonyl (C=O) groups is 1. The predicted molar refractivity (Wildman–Crippen MR) is 147 cm³/mol. The van der Waals surface area contributed by atoms with Gasteiger partial charge in [-0.05, 0) is 74.1 Å². The van der Waals surface area contributed by atoms with Crippen molar-refractivity contribution in [1.82, 2.24) is 0 Å². The third-order valence-corrected chi connectivity index (χ3v) is 6.27. The van der Waals surface area contributed by atoms with E-state index >= 15 is 0 Å². The number of aliphatic carboxylic acids is 1. The average molecular weight is 514 g/mol. The summed E-state index contributed by atoms with van der Waals surface area (Å²) in [5.41, 5.74) is 9.97. The molecule has 1 aliphatic heterocycles. The summed E-state index contributed by atoms with van der Waals surface area (Å²) in [6, 6.07) is 15.5. The van der Waals surface area contributed by atoms with Crippen LogP contribution in [0.4, 0.5) is 0 Å². The first-order valence-corrected chi connectivity index (χ1v) is 12.9. The summed E-state index contributed by atoms with van der Waals surface area (Å²) in [5.74, 6) is -0.151. The third kappa shape index (κ3) is 5.96. The minimum atomic E-state index is -1.29. The second-order valence-corrected chi connectivity index (χ2v) is 9.61. The highest BCUT2D eigenvalue weighted by Gasteiger charge is 2.29. The van der Waals surface area contributed by atoms with Crippen molar-refractivity contribution in [2.75, 3.05) is 6.54 Å². The van der Waals surface area contributed by atoms with Crippen LogP contribution >= 0.6 is 0 Å². The quantitative estimate of drug-likeness (QED) is 0.155. The van der Waals surface area contributed by atoms with E-state index in [1.165, 1.54) is 6.08 Å². The molecule has 1 heterocycles. The Kier molecular flexibility index (Phi) is 7.31. The van der Waals surface area contributed by atoms with E-state index in [9.17, 15) is 15.0 Å². The van der Waals surface area contributed by atoms with Gasteiger partial charge in [0.25, 0.3) is 0 Å². The van der Waals surface area contributed by atoms with E-state index in [1.807, 2.05) is 55.5 Å². The molecule has 196 valence electrons. The molecule has 0 atom stereocenters. The molecule has 3 aliphatic rings. The van der Waals surface area contributed by atoms with Crippen molar-refractivity contribution in [1.29, 1.82) is 0 Å². The Morgan fingerprint density at radius 3 is 2.03 bits per heavy atom. The van der Waals surface area contributed by atoms with Crippen molar-refractivity contribution in [3.05, 3.63) is 88.5 Å². The van der Waals surface area contributed by atoms with Gasteiger partial charge in [-0.25, -0.2) is 9.79 Å². The van der Waals surface area contributed by atoms with Gasteiger partial charge in [0, 0.05) is 30.0 Å². The van der Waals surface area contributed by atoms with Gasteiger partial charge in [-0.15, -0.1) is 0 Å². The van der Waals surface area contributed by atoms with Crippen LogP contribution in [0.1, 0.15) is 50.2 Å². The molecule has 0 radical (unpaired) electrons. The normalized spacial score (nSPS) is 18.1. The molecule has 38 heavy (non-hydrogen) atoms. The summed E-state index contributed by atoms with van der Waals surface area (Å²) in [6.45, 7) is 2.38. The summed E-state index contributed by atoms with van der Waals surface area (Å²) in [4.78, 5) is 20.4. The van der Waals surface area contributed by atoms with Crippen LogP contribution in [-0.4, -0.2) is 46.9 Å². The summed E-state index contributed by atoms with van der Waals surface area (Å²) in [5, 5.41) is 20.1. The number of aliphatic hydroxyl groups excluding tert-OH is 1. The zero-order chi connectivity index (χ0) is 26.6. The second kappa shape index (κ2) is 11.0. The van der Waals surface area contributed by atoms with Crippen molar-refractivity contribution < 1.29 is 24.5 Å². The van der Waals surface area contributed by atoms with Crippen LogP contribution in [0, 0.1) is 0 Å². The number of allylic oxidation sites excluding steroid dienone is 2. The molecule has 2 aromatic rings. The van der Waals surface area contributed by atoms with E-state index in [-0.39, 0.29) is 11.3 Å². The Hall–Kier alpha value is -4.33. The van der Waals surface area contributed by atoms with E-state index in [4.69, 9.17) is 15.2 Å². The maximum absolute atomic E-state index is 11.7. The highest BCUT2D eigenvalue weighted by Crippen LogP contribution is 2.38. The third-order valence-electron chi connectivity index (χ3n) is 6.27. The number of nitrogens with zero attached hydrogens (tertiary/aromatic N) is 2. The van der Waals surface area contributed by atoms with Crippen molar-refractivity contribution in [2.24, 2.45) is 15.7 Å². The lowest BCUT2D eigenvalue weighted by Crippen LogP contribution is -2.20. The van der Waals surface area contributed by atoms with Crippen LogP contribution in [0.3, 0.4) is 0 Å². The molecule has 0 amide bonds. The molecule has 4 N–H and O–H groups in total. The van der Waals surface area contributed by atoms with Gasteiger partial charge in [-0.2, -0.15) is 0 Å². The van der Waals surface area contributed by atoms with Gasteiger partial charge < -0.3 is 25.4 Å². The molecular formula is C30H31N3O5. The molecule has 8 heteroatoms. The standard InChI is InChI=1S/C30H31N3O5/c1-2-15-32-17-24(30(35)36)26(34)16-25(31)29-27(18-3-7-20(8-4-18)37-22-11-12-22)28(33-29)19-5-9-21(10-6-19)38-23-13-14-23/h3-10,16-17,22-23,34H,2,11-15,31H2,1H3,(H,35,36)/b25-16-,26-24-,32-17?. The zero-order valence-electron chi connectivity index (χ0n) is 21.3. The second-order valence-electron chi connectivity index (χ2n) is 9.61. The largest absolute Gasteiger partial charge is 0.507 e. The van der Waals surface area contributed by atoms with Crippen molar-refractivity contribution >= 4 is 23.5 Å². The summed E-state index contributed by atoms with van der Waals surface area (Å²) >= 11 is 0. The first kappa shape index (κ1) is 25.3. The Labute approximate surface area is 221 Å². The minimum Gasteiger partial charge on any atom is -0.507 e. The van der Waals surface area contributed by atoms with E-state index in [1.54, 1.807) is 0 Å². The van der Waals surface area contributed by atoms with E-state index < -0.39 is 11.7 Å². The van der Waals surface area contributed by atoms with Crippen LogP contribution in [0.5, 0.6) is 11.5 Å². The van der Waals surface area contributed by atoms with Gasteiger partial charge in [-0.1, -0.05) is 19.1 Å². The van der Waals surface area contributed by atoms with Crippen LogP contribution in [0.25, 0.3) is 5.57 Å². The molecule has 2 fully saturated rings. The fourth-order valence-electron chi connectivity index (χ4n) is 3.93. The predicted octanol–water partition coefficient (Wildman–Crippen LogP) is 5.20. The molecule has 0 aromatic heterocycles. The fraction of sp³-hybridized carbons (Fsp3) is 0.300. The Bertz CT molecular complexity index is 1360. The lowest BCUT2D eigenvalue weighted by molar-refractivity contribution is -0.132. The first-order valence-electron chi connectivity index (χ1n) is 12.9. The topological polar surface area (TPSA) is 127 Å². The number of rotatable bonds is 12. The van der Waals surface area contributed by atoms with Crippen LogP contribution in [-0.2, 0) is 4.79 Å². The van der Waals surface area contributed by atoms with E-state index in [0.29, 0.717) is 24.4 Å². The number of nitrogens with two attached hydrogens (primary N) is 1. The average Bonchev–Trinajstić information content (AvgIpc) is 3.81. The zero-order valence-corrected chi connectivity index (χ0v) is 21.3.